The quantitative estimate of drug-likeness (QED) is 0.150. The van der Waals surface area contributed by atoms with Gasteiger partial charge in [-0.05, 0) is 327 Å². The molecule has 0 bridgehead atoms. The zero-order valence-electron chi connectivity index (χ0n) is 37.3. The fraction of sp³-hybridized carbons (Fsp3) is 0.0714. The molecule has 2 spiro atoms. The molecule has 2 heteroatoms. The molecule has 5 aliphatic rings. The fourth-order valence-corrected chi connectivity index (χ4v) is 26.0. The van der Waals surface area contributed by atoms with Gasteiger partial charge in [0.25, 0.3) is 5.91 Å². The minimum Gasteiger partial charge on any atom is -0.323 e. The van der Waals surface area contributed by atoms with Crippen LogP contribution in [0.25, 0.3) is 291 Å². The van der Waals surface area contributed by atoms with Gasteiger partial charge in [0.05, 0.1) is 5.41 Å². The number of nitrogens with zero attached hydrogens (tertiary/aromatic N) is 1. The summed E-state index contributed by atoms with van der Waals surface area (Å²) in [5.74, 6) is 0.235. The first-order valence-corrected chi connectivity index (χ1v) is 26.9. The van der Waals surface area contributed by atoms with Crippen LogP contribution >= 0.6 is 0 Å². The molecule has 0 saturated heterocycles. The van der Waals surface area contributed by atoms with Crippen molar-refractivity contribution in [1.82, 2.24) is 4.90 Å². The van der Waals surface area contributed by atoms with Gasteiger partial charge in [-0.2, -0.15) is 0 Å². The van der Waals surface area contributed by atoms with Gasteiger partial charge in [-0.3, -0.25) is 4.79 Å². The lowest BCUT2D eigenvalue weighted by molar-refractivity contribution is 0.0401. The summed E-state index contributed by atoms with van der Waals surface area (Å²) < 4.78 is 0. The summed E-state index contributed by atoms with van der Waals surface area (Å²) in [5.41, 5.74) is 8.26. The summed E-state index contributed by atoms with van der Waals surface area (Å²) in [7, 11) is 0. The first-order chi connectivity index (χ1) is 35.7. The van der Waals surface area contributed by atoms with Crippen LogP contribution in [0.2, 0.25) is 0 Å². The Labute approximate surface area is 392 Å². The summed E-state index contributed by atoms with van der Waals surface area (Å²) in [4.78, 5) is 19.2. The Morgan fingerprint density at radius 3 is 0.736 bits per heavy atom. The number of benzene rings is 19. The van der Waals surface area contributed by atoms with Crippen molar-refractivity contribution in [3.63, 3.8) is 0 Å². The minimum absolute atomic E-state index is 0.235. The van der Waals surface area contributed by atoms with Crippen LogP contribution in [0, 0.1) is 6.92 Å². The van der Waals surface area contributed by atoms with Gasteiger partial charge < -0.3 is 4.90 Å². The molecule has 1 heterocycles. The zero-order chi connectivity index (χ0) is 43.2. The Bertz CT molecular complexity index is 7370. The highest BCUT2D eigenvalue weighted by atomic mass is 16.2. The third kappa shape index (κ3) is 1.39. The number of carbonyl (C=O) groups is 1. The van der Waals surface area contributed by atoms with Gasteiger partial charge in [-0.15, -0.1) is 0 Å². The van der Waals surface area contributed by atoms with E-state index in [9.17, 15) is 0 Å². The Morgan fingerprint density at radius 2 is 0.514 bits per heavy atom. The number of hydrogen-bond donors (Lipinski definition) is 0. The van der Waals surface area contributed by atoms with E-state index < -0.39 is 11.0 Å². The van der Waals surface area contributed by atoms with Crippen LogP contribution in [0.1, 0.15) is 50.7 Å². The van der Waals surface area contributed by atoms with Gasteiger partial charge in [-0.25, -0.2) is 0 Å². The lowest BCUT2D eigenvalue weighted by Gasteiger charge is -2.61. The summed E-state index contributed by atoms with van der Waals surface area (Å²) in [5, 5.41) is 86.2. The van der Waals surface area contributed by atoms with E-state index >= 15 is 4.79 Å². The first-order valence-electron chi connectivity index (χ1n) is 26.9. The van der Waals surface area contributed by atoms with Gasteiger partial charge in [-0.1, -0.05) is 17.7 Å². The Kier molecular flexibility index (Phi) is 2.26. The van der Waals surface area contributed by atoms with E-state index in [1.165, 1.54) is 22.3 Å². The Balaban J connectivity index is 1.20. The third-order valence-corrected chi connectivity index (χ3v) is 26.0. The highest BCUT2D eigenvalue weighted by Crippen LogP contribution is 2.86. The van der Waals surface area contributed by atoms with E-state index in [1.807, 2.05) is 0 Å². The van der Waals surface area contributed by atoms with Crippen LogP contribution < -0.4 is 0 Å². The average Bonchev–Trinajstić information content (AvgIpc) is 4.30. The van der Waals surface area contributed by atoms with Crippen molar-refractivity contribution in [3.05, 3.63) is 57.1 Å². The van der Waals surface area contributed by atoms with Crippen LogP contribution in [0.15, 0.2) is 18.2 Å². The van der Waals surface area contributed by atoms with Gasteiger partial charge in [0.2, 0.25) is 0 Å². The molecule has 34 rings (SSSR count). The van der Waals surface area contributed by atoms with Crippen LogP contribution in [0.4, 0.5) is 0 Å². The van der Waals surface area contributed by atoms with Crippen LogP contribution in [-0.4, -0.2) is 17.4 Å². The van der Waals surface area contributed by atoms with Gasteiger partial charge in [0.1, 0.15) is 5.54 Å². The normalized spacial score (nSPS) is 22.2. The van der Waals surface area contributed by atoms with E-state index in [2.05, 4.69) is 36.9 Å². The molecule has 1 aliphatic heterocycles. The van der Waals surface area contributed by atoms with Crippen molar-refractivity contribution in [2.24, 2.45) is 0 Å². The number of amides is 1. The van der Waals surface area contributed by atoms with Crippen molar-refractivity contribution in [2.75, 3.05) is 6.54 Å². The molecule has 0 radical (unpaired) electrons. The molecule has 0 fully saturated rings. The maximum Gasteiger partial charge on any atom is 0.255 e. The van der Waals surface area contributed by atoms with E-state index in [0.29, 0.717) is 6.54 Å². The van der Waals surface area contributed by atoms with Crippen LogP contribution in [0.5, 0.6) is 0 Å². The monoisotopic (exact) mass is 881 g/mol. The highest BCUT2D eigenvalue weighted by molar-refractivity contribution is 6.82. The molecule has 0 unspecified atom stereocenters. The number of fused-ring (bicyclic) bond motifs is 1. The molecular formula is C70H11NO. The maximum absolute atomic E-state index is 16.7. The Hall–Kier alpha value is -8.85. The summed E-state index contributed by atoms with van der Waals surface area (Å²) in [6, 6.07) is 7.23. The van der Waals surface area contributed by atoms with Crippen molar-refractivity contribution >= 4 is 297 Å². The van der Waals surface area contributed by atoms with E-state index in [4.69, 9.17) is 0 Å². The predicted molar refractivity (Wildman–Crippen MR) is 301 cm³/mol. The van der Waals surface area contributed by atoms with Gasteiger partial charge in [0.15, 0.2) is 0 Å². The van der Waals surface area contributed by atoms with E-state index in [-0.39, 0.29) is 5.91 Å². The van der Waals surface area contributed by atoms with Crippen molar-refractivity contribution in [1.29, 1.82) is 0 Å². The number of carbonyl (C=O) groups excluding carboxylic acids is 1. The second-order valence-electron chi connectivity index (χ2n) is 26.3. The summed E-state index contributed by atoms with van der Waals surface area (Å²) in [6.07, 6.45) is 0. The third-order valence-electron chi connectivity index (χ3n) is 26.0. The van der Waals surface area contributed by atoms with Gasteiger partial charge >= 0.3 is 0 Å². The molecule has 0 atom stereocenters. The van der Waals surface area contributed by atoms with Gasteiger partial charge in [0, 0.05) is 23.2 Å². The standard InChI is InChI=1S/C70H11NO/c1-3-71-68(72)8-6-7(2)4-5-9(8)69-64-56-48-38-28-20-12-10-11-14-18-16(12)24-32-26(18)36-30-22(14)23-15(11)19-17-13(10)21(20)29-35-25(17)33-27(19)37-31(23)41-40(30)52-46(36)54-44(32)50(42(48)34(24)28)58(64)60(54)66-62(52)63-53(41)47(37)55-45(33)51-43(35)49(39(29)38)57(56)65(69)59(51)61(55)67(63)70(66,69)71/h4-6H,3H2,1-2H3. The lowest BCUT2D eigenvalue weighted by atomic mass is 9.47. The average molecular weight is 882 g/mol. The Morgan fingerprint density at radius 1 is 0.306 bits per heavy atom. The topological polar surface area (TPSA) is 20.3 Å². The van der Waals surface area contributed by atoms with Crippen LogP contribution in [-0.2, 0) is 11.0 Å². The van der Waals surface area contributed by atoms with Crippen LogP contribution in [0.3, 0.4) is 0 Å². The molecule has 302 valence electrons. The molecule has 29 aromatic rings. The second kappa shape index (κ2) is 6.04. The van der Waals surface area contributed by atoms with Crippen molar-refractivity contribution in [2.45, 2.75) is 24.8 Å². The summed E-state index contributed by atoms with van der Waals surface area (Å²) >= 11 is 0. The lowest BCUT2D eigenvalue weighted by Crippen LogP contribution is -2.66. The molecule has 0 saturated carbocycles. The zero-order valence-corrected chi connectivity index (χ0v) is 37.3. The number of hydrogen-bond acceptors (Lipinski definition) is 1. The SMILES string of the molecule is CCN1C(=O)c2cc(C)ccc2C23c4c5c6c7c8c9c(c%10c%11c2c2c4c4c%12c5c5c6c6c8c8c%13c9c9c%10c%10c%11c%11c2c2c4c4c%12c%12c5c5c6c8c6c8c%13c9c9c%10c%10c%11c2c2c4c4c%12c5c6c5c8c9c%10c2c45)C713. The molecule has 0 N–H and O–H groups in total. The molecular weight excluding hydrogens is 871 g/mol. The van der Waals surface area contributed by atoms with E-state index in [0.717, 1.165) is 5.56 Å². The maximum atomic E-state index is 16.7. The van der Waals surface area contributed by atoms with Crippen molar-refractivity contribution in [3.8, 4) is 0 Å². The number of likely N-dealkylation sites (N-methyl/N-ethyl adjacent to an activating group) is 1. The molecule has 0 aromatic heterocycles. The molecule has 2 nitrogen and oxygen atoms in total. The number of rotatable bonds is 1. The molecule has 72 heavy (non-hydrogen) atoms. The number of aryl methyl sites for hydroxylation is 1. The largest absolute Gasteiger partial charge is 0.323 e. The second-order valence-corrected chi connectivity index (χ2v) is 26.3. The predicted octanol–water partition coefficient (Wildman–Crippen LogP) is 18.1. The molecule has 1 amide bonds. The fourth-order valence-electron chi connectivity index (χ4n) is 26.0. The molecule has 29 aromatic carbocycles. The molecule has 4 aliphatic carbocycles. The highest BCUT2D eigenvalue weighted by Gasteiger charge is 2.75. The first kappa shape index (κ1) is 26.9. The smallest absolute Gasteiger partial charge is 0.255 e. The van der Waals surface area contributed by atoms with E-state index in [1.54, 1.807) is 302 Å². The van der Waals surface area contributed by atoms with Crippen molar-refractivity contribution < 1.29 is 4.79 Å². The summed E-state index contributed by atoms with van der Waals surface area (Å²) in [6.45, 7) is 5.23. The minimum atomic E-state index is -0.757.